The first kappa shape index (κ1) is 23.4. The molecule has 3 saturated heterocycles. The number of ether oxygens (including phenoxy) is 2. The fourth-order valence-electron chi connectivity index (χ4n) is 6.72. The summed E-state index contributed by atoms with van der Waals surface area (Å²) in [4.78, 5) is 35.6. The van der Waals surface area contributed by atoms with Gasteiger partial charge in [-0.15, -0.1) is 0 Å². The van der Waals surface area contributed by atoms with Crippen molar-refractivity contribution >= 4 is 12.2 Å². The number of rotatable bonds is 5. The van der Waals surface area contributed by atoms with Gasteiger partial charge < -0.3 is 24.2 Å². The van der Waals surface area contributed by atoms with E-state index in [0.717, 1.165) is 70.5 Å². The molecule has 4 fully saturated rings. The van der Waals surface area contributed by atoms with E-state index in [1.165, 1.54) is 12.8 Å². The number of carbonyl (C=O) groups excluding carboxylic acids is 2. The van der Waals surface area contributed by atoms with Gasteiger partial charge in [0.15, 0.2) is 0 Å². The summed E-state index contributed by atoms with van der Waals surface area (Å²) in [7, 11) is 0. The fraction of sp³-hybridized carbons (Fsp3) is 0.731. The van der Waals surface area contributed by atoms with E-state index in [-0.39, 0.29) is 18.8 Å². The highest BCUT2D eigenvalue weighted by molar-refractivity contribution is 5.68. The molecule has 1 atom stereocenters. The van der Waals surface area contributed by atoms with Gasteiger partial charge in [0.2, 0.25) is 0 Å². The molecule has 1 spiro atoms. The van der Waals surface area contributed by atoms with Crippen molar-refractivity contribution in [2.75, 3.05) is 39.3 Å². The van der Waals surface area contributed by atoms with Gasteiger partial charge in [-0.2, -0.15) is 0 Å². The maximum atomic E-state index is 12.8. The third kappa shape index (κ3) is 4.88. The number of amides is 2. The summed E-state index contributed by atoms with van der Waals surface area (Å²) in [5, 5.41) is 0. The first-order valence-electron chi connectivity index (χ1n) is 13.1. The predicted molar refractivity (Wildman–Crippen MR) is 127 cm³/mol. The topological polar surface area (TPSA) is 75.2 Å². The average Bonchev–Trinajstić information content (AvgIpc) is 3.51. The third-order valence-electron chi connectivity index (χ3n) is 8.54. The first-order valence-corrected chi connectivity index (χ1v) is 13.1. The van der Waals surface area contributed by atoms with E-state index in [1.54, 1.807) is 6.20 Å². The van der Waals surface area contributed by atoms with Crippen molar-refractivity contribution in [3.63, 3.8) is 0 Å². The highest BCUT2D eigenvalue weighted by Gasteiger charge is 2.51. The molecule has 3 aliphatic heterocycles. The molecule has 0 radical (unpaired) electrons. The van der Waals surface area contributed by atoms with Crippen LogP contribution in [0, 0.1) is 11.3 Å². The number of piperidine rings is 1. The summed E-state index contributed by atoms with van der Waals surface area (Å²) in [6.45, 7) is 7.26. The maximum absolute atomic E-state index is 12.8. The molecular formula is C26H38N4O4. The minimum absolute atomic E-state index is 0.150. The van der Waals surface area contributed by atoms with Gasteiger partial charge in [-0.05, 0) is 88.4 Å². The van der Waals surface area contributed by atoms with Crippen LogP contribution in [0.1, 0.15) is 57.6 Å². The Hall–Kier alpha value is -2.35. The molecule has 5 rings (SSSR count). The van der Waals surface area contributed by atoms with E-state index in [4.69, 9.17) is 9.47 Å². The number of pyridine rings is 1. The molecule has 1 aromatic heterocycles. The molecule has 2 amide bonds. The van der Waals surface area contributed by atoms with Crippen LogP contribution in [-0.4, -0.2) is 83.3 Å². The number of likely N-dealkylation sites (tertiary alicyclic amines) is 3. The van der Waals surface area contributed by atoms with E-state index in [9.17, 15) is 9.59 Å². The van der Waals surface area contributed by atoms with Crippen LogP contribution in [-0.2, 0) is 16.1 Å². The molecule has 4 heterocycles. The van der Waals surface area contributed by atoms with Crippen LogP contribution in [0.3, 0.4) is 0 Å². The van der Waals surface area contributed by atoms with Crippen molar-refractivity contribution in [3.8, 4) is 0 Å². The van der Waals surface area contributed by atoms with E-state index in [0.29, 0.717) is 30.0 Å². The summed E-state index contributed by atoms with van der Waals surface area (Å²) in [6, 6.07) is 6.61. The minimum Gasteiger partial charge on any atom is -0.450 e. The lowest BCUT2D eigenvalue weighted by atomic mass is 9.64. The zero-order chi connectivity index (χ0) is 23.5. The molecule has 0 aromatic carbocycles. The van der Waals surface area contributed by atoms with Gasteiger partial charge in [0.05, 0.1) is 12.3 Å². The lowest BCUT2D eigenvalue weighted by molar-refractivity contribution is -0.0161. The van der Waals surface area contributed by atoms with Gasteiger partial charge in [-0.1, -0.05) is 6.07 Å². The van der Waals surface area contributed by atoms with Crippen LogP contribution in [0.5, 0.6) is 0 Å². The van der Waals surface area contributed by atoms with Crippen molar-refractivity contribution in [1.82, 2.24) is 19.7 Å². The lowest BCUT2D eigenvalue weighted by Gasteiger charge is -2.52. The Labute approximate surface area is 202 Å². The molecule has 186 valence electrons. The van der Waals surface area contributed by atoms with Crippen LogP contribution < -0.4 is 0 Å². The first-order chi connectivity index (χ1) is 16.6. The number of hydrogen-bond acceptors (Lipinski definition) is 6. The molecule has 1 aliphatic carbocycles. The predicted octanol–water partition coefficient (Wildman–Crippen LogP) is 3.91. The number of aromatic nitrogens is 1. The lowest BCUT2D eigenvalue weighted by Crippen LogP contribution is -2.55. The maximum Gasteiger partial charge on any atom is 0.410 e. The second-order valence-corrected chi connectivity index (χ2v) is 10.6. The monoisotopic (exact) mass is 470 g/mol. The molecule has 1 saturated carbocycles. The highest BCUT2D eigenvalue weighted by Crippen LogP contribution is 2.51. The Bertz CT molecular complexity index is 852. The Morgan fingerprint density at radius 1 is 1.06 bits per heavy atom. The molecule has 8 heteroatoms. The standard InChI is InChI=1S/C26H38N4O4/c1-2-33-24(31)29-15-10-26(19-29)16-22(17-26)28-13-8-20(9-14-28)23-7-5-12-30(23)25(32)34-18-21-6-3-4-11-27-21/h3-4,6,11,20,22-23H,2,5,7-10,12-19H2,1H3. The van der Waals surface area contributed by atoms with Crippen LogP contribution in [0.25, 0.3) is 0 Å². The summed E-state index contributed by atoms with van der Waals surface area (Å²) >= 11 is 0. The van der Waals surface area contributed by atoms with Gasteiger partial charge in [0.1, 0.15) is 6.61 Å². The van der Waals surface area contributed by atoms with Crippen LogP contribution in [0.15, 0.2) is 24.4 Å². The summed E-state index contributed by atoms with van der Waals surface area (Å²) < 4.78 is 10.8. The van der Waals surface area contributed by atoms with Gasteiger partial charge in [-0.25, -0.2) is 9.59 Å². The fourth-order valence-corrected chi connectivity index (χ4v) is 6.72. The molecule has 0 N–H and O–H groups in total. The van der Waals surface area contributed by atoms with Crippen molar-refractivity contribution in [2.24, 2.45) is 11.3 Å². The minimum atomic E-state index is -0.191. The largest absolute Gasteiger partial charge is 0.450 e. The second-order valence-electron chi connectivity index (χ2n) is 10.6. The number of hydrogen-bond donors (Lipinski definition) is 0. The van der Waals surface area contributed by atoms with Gasteiger partial charge in [-0.3, -0.25) is 4.98 Å². The molecule has 0 bridgehead atoms. The highest BCUT2D eigenvalue weighted by atomic mass is 16.6. The van der Waals surface area contributed by atoms with Crippen molar-refractivity contribution in [2.45, 2.75) is 70.6 Å². The van der Waals surface area contributed by atoms with Crippen LogP contribution in [0.2, 0.25) is 0 Å². The zero-order valence-corrected chi connectivity index (χ0v) is 20.4. The molecule has 1 unspecified atom stereocenters. The third-order valence-corrected chi connectivity index (χ3v) is 8.54. The molecule has 1 aromatic rings. The summed E-state index contributed by atoms with van der Waals surface area (Å²) in [5.41, 5.74) is 1.10. The van der Waals surface area contributed by atoms with Crippen LogP contribution in [0.4, 0.5) is 9.59 Å². The zero-order valence-electron chi connectivity index (χ0n) is 20.4. The Kier molecular flexibility index (Phi) is 6.95. The average molecular weight is 471 g/mol. The van der Waals surface area contributed by atoms with Crippen molar-refractivity contribution in [3.05, 3.63) is 30.1 Å². The smallest absolute Gasteiger partial charge is 0.410 e. The van der Waals surface area contributed by atoms with E-state index >= 15 is 0 Å². The van der Waals surface area contributed by atoms with Gasteiger partial charge in [0.25, 0.3) is 0 Å². The van der Waals surface area contributed by atoms with Gasteiger partial charge in [0, 0.05) is 37.9 Å². The summed E-state index contributed by atoms with van der Waals surface area (Å²) in [5.74, 6) is 0.556. The van der Waals surface area contributed by atoms with E-state index < -0.39 is 0 Å². The van der Waals surface area contributed by atoms with Crippen molar-refractivity contribution < 1.29 is 19.1 Å². The van der Waals surface area contributed by atoms with E-state index in [1.807, 2.05) is 34.9 Å². The Morgan fingerprint density at radius 2 is 1.88 bits per heavy atom. The second kappa shape index (κ2) is 10.1. The SMILES string of the molecule is CCOC(=O)N1CCC2(CC(N3CCC(C4CCCN4C(=O)OCc4ccccn4)CC3)C2)C1. The van der Waals surface area contributed by atoms with E-state index in [2.05, 4.69) is 9.88 Å². The summed E-state index contributed by atoms with van der Waals surface area (Å²) in [6.07, 6.45) is 9.32. The van der Waals surface area contributed by atoms with Crippen molar-refractivity contribution in [1.29, 1.82) is 0 Å². The molecule has 4 aliphatic rings. The quantitative estimate of drug-likeness (QED) is 0.650. The molecule has 8 nitrogen and oxygen atoms in total. The Morgan fingerprint density at radius 3 is 2.62 bits per heavy atom. The number of carbonyl (C=O) groups is 2. The van der Waals surface area contributed by atoms with Gasteiger partial charge >= 0.3 is 12.2 Å². The normalized spacial score (nSPS) is 29.9. The molecular weight excluding hydrogens is 432 g/mol. The molecule has 34 heavy (non-hydrogen) atoms. The van der Waals surface area contributed by atoms with Crippen LogP contribution >= 0.6 is 0 Å². The Balaban J connectivity index is 1.06. The number of nitrogens with zero attached hydrogens (tertiary/aromatic N) is 4.